The summed E-state index contributed by atoms with van der Waals surface area (Å²) in [5.74, 6) is 0.954. The van der Waals surface area contributed by atoms with E-state index in [1.54, 1.807) is 11.8 Å². The Bertz CT molecular complexity index is 268. The zero-order valence-corrected chi connectivity index (χ0v) is 8.09. The lowest BCUT2D eigenvalue weighted by Gasteiger charge is -2.25. The van der Waals surface area contributed by atoms with Gasteiger partial charge in [-0.05, 0) is 5.56 Å². The van der Waals surface area contributed by atoms with Crippen molar-refractivity contribution in [1.29, 1.82) is 0 Å². The molecule has 0 aromatic heterocycles. The van der Waals surface area contributed by atoms with E-state index in [0.717, 1.165) is 17.9 Å². The van der Waals surface area contributed by atoms with Crippen molar-refractivity contribution in [3.63, 3.8) is 0 Å². The van der Waals surface area contributed by atoms with Gasteiger partial charge in [0.25, 0.3) is 0 Å². The summed E-state index contributed by atoms with van der Waals surface area (Å²) in [6.07, 6.45) is 0. The lowest BCUT2D eigenvalue weighted by molar-refractivity contribution is 0.00452. The largest absolute Gasteiger partial charge is 0.392 e. The molecular formula is C10H12O2S. The van der Waals surface area contributed by atoms with Gasteiger partial charge in [-0.3, -0.25) is 0 Å². The number of benzene rings is 1. The molecule has 0 amide bonds. The van der Waals surface area contributed by atoms with E-state index in [1.807, 2.05) is 30.3 Å². The fraction of sp³-hybridized carbons (Fsp3) is 0.400. The van der Waals surface area contributed by atoms with Crippen LogP contribution >= 0.6 is 11.8 Å². The van der Waals surface area contributed by atoms with Crippen molar-refractivity contribution in [3.05, 3.63) is 35.9 Å². The van der Waals surface area contributed by atoms with E-state index in [4.69, 9.17) is 4.74 Å². The summed E-state index contributed by atoms with van der Waals surface area (Å²) in [7, 11) is 0. The van der Waals surface area contributed by atoms with Crippen molar-refractivity contribution >= 4 is 11.8 Å². The molecule has 0 radical (unpaired) electrons. The second-order valence-corrected chi connectivity index (χ2v) is 4.33. The number of aliphatic hydroxyl groups excluding tert-OH is 1. The van der Waals surface area contributed by atoms with Crippen LogP contribution in [0.3, 0.4) is 0 Å². The normalized spacial score (nSPS) is 27.8. The first-order valence-corrected chi connectivity index (χ1v) is 5.30. The minimum Gasteiger partial charge on any atom is -0.392 e. The highest BCUT2D eigenvalue weighted by Crippen LogP contribution is 2.41. The quantitative estimate of drug-likeness (QED) is 0.779. The fourth-order valence-corrected chi connectivity index (χ4v) is 2.55. The standard InChI is InChI=1S/C10H12O2S/c11-8-10(12-6-7-13-10)9-4-2-1-3-5-9/h1-5,11H,6-8H2. The third kappa shape index (κ3) is 1.59. The van der Waals surface area contributed by atoms with Crippen molar-refractivity contribution in [1.82, 2.24) is 0 Å². The van der Waals surface area contributed by atoms with Crippen LogP contribution in [-0.2, 0) is 9.67 Å². The Morgan fingerprint density at radius 1 is 1.38 bits per heavy atom. The molecule has 1 aliphatic rings. The van der Waals surface area contributed by atoms with Crippen LogP contribution in [-0.4, -0.2) is 24.1 Å². The number of hydrogen-bond acceptors (Lipinski definition) is 3. The van der Waals surface area contributed by atoms with Gasteiger partial charge in [0.1, 0.15) is 0 Å². The Labute approximate surface area is 81.9 Å². The van der Waals surface area contributed by atoms with Crippen LogP contribution in [0, 0.1) is 0 Å². The molecule has 13 heavy (non-hydrogen) atoms. The third-order valence-corrected chi connectivity index (χ3v) is 3.50. The molecule has 1 N–H and O–H groups in total. The molecule has 1 aromatic carbocycles. The first kappa shape index (κ1) is 9.06. The highest BCUT2D eigenvalue weighted by Gasteiger charge is 2.37. The van der Waals surface area contributed by atoms with E-state index >= 15 is 0 Å². The van der Waals surface area contributed by atoms with Crippen molar-refractivity contribution in [3.8, 4) is 0 Å². The molecule has 0 saturated carbocycles. The van der Waals surface area contributed by atoms with E-state index in [-0.39, 0.29) is 6.61 Å². The van der Waals surface area contributed by atoms with Crippen LogP contribution in [0.4, 0.5) is 0 Å². The molecular weight excluding hydrogens is 184 g/mol. The van der Waals surface area contributed by atoms with Gasteiger partial charge in [0, 0.05) is 5.75 Å². The first-order chi connectivity index (χ1) is 6.37. The number of hydrogen-bond donors (Lipinski definition) is 1. The number of thioether (sulfide) groups is 1. The monoisotopic (exact) mass is 196 g/mol. The van der Waals surface area contributed by atoms with Gasteiger partial charge >= 0.3 is 0 Å². The molecule has 1 aliphatic heterocycles. The summed E-state index contributed by atoms with van der Waals surface area (Å²) in [6.45, 7) is 0.766. The summed E-state index contributed by atoms with van der Waals surface area (Å²) in [5, 5.41) is 9.32. The maximum absolute atomic E-state index is 9.32. The summed E-state index contributed by atoms with van der Waals surface area (Å²) in [5.41, 5.74) is 1.06. The number of rotatable bonds is 2. The highest BCUT2D eigenvalue weighted by atomic mass is 32.2. The molecule has 1 heterocycles. The van der Waals surface area contributed by atoms with Crippen LogP contribution in [0.15, 0.2) is 30.3 Å². The van der Waals surface area contributed by atoms with Crippen molar-refractivity contribution < 1.29 is 9.84 Å². The minimum atomic E-state index is -0.499. The average Bonchev–Trinajstić information content (AvgIpc) is 2.69. The van der Waals surface area contributed by atoms with Crippen molar-refractivity contribution in [2.45, 2.75) is 4.93 Å². The van der Waals surface area contributed by atoms with Gasteiger partial charge in [0.15, 0.2) is 4.93 Å². The maximum Gasteiger partial charge on any atom is 0.162 e. The summed E-state index contributed by atoms with van der Waals surface area (Å²) >= 11 is 1.67. The zero-order valence-electron chi connectivity index (χ0n) is 7.27. The Kier molecular flexibility index (Phi) is 2.58. The fourth-order valence-electron chi connectivity index (χ4n) is 1.50. The van der Waals surface area contributed by atoms with Crippen LogP contribution in [0.1, 0.15) is 5.56 Å². The lowest BCUT2D eigenvalue weighted by Crippen LogP contribution is -2.25. The Balaban J connectivity index is 2.31. The molecule has 3 heteroatoms. The topological polar surface area (TPSA) is 29.5 Å². The first-order valence-electron chi connectivity index (χ1n) is 4.32. The SMILES string of the molecule is OCC1(c2ccccc2)OCCS1. The second kappa shape index (κ2) is 3.70. The molecule has 70 valence electrons. The molecule has 1 atom stereocenters. The smallest absolute Gasteiger partial charge is 0.162 e. The van der Waals surface area contributed by atoms with E-state index in [0.29, 0.717) is 0 Å². The van der Waals surface area contributed by atoms with E-state index in [2.05, 4.69) is 0 Å². The molecule has 0 aliphatic carbocycles. The molecule has 1 unspecified atom stereocenters. The zero-order chi connectivity index (χ0) is 9.15. The summed E-state index contributed by atoms with van der Waals surface area (Å²) in [4.78, 5) is -0.499. The van der Waals surface area contributed by atoms with Crippen LogP contribution in [0.5, 0.6) is 0 Å². The van der Waals surface area contributed by atoms with Crippen LogP contribution < -0.4 is 0 Å². The summed E-state index contributed by atoms with van der Waals surface area (Å²) < 4.78 is 5.59. The third-order valence-electron chi connectivity index (χ3n) is 2.18. The molecule has 2 rings (SSSR count). The molecule has 0 bridgehead atoms. The van der Waals surface area contributed by atoms with Gasteiger partial charge < -0.3 is 9.84 Å². The van der Waals surface area contributed by atoms with Gasteiger partial charge in [0.05, 0.1) is 13.2 Å². The Morgan fingerprint density at radius 2 is 2.15 bits per heavy atom. The van der Waals surface area contributed by atoms with E-state index in [1.165, 1.54) is 0 Å². The van der Waals surface area contributed by atoms with Crippen molar-refractivity contribution in [2.75, 3.05) is 19.0 Å². The molecule has 0 spiro atoms. The van der Waals surface area contributed by atoms with Crippen LogP contribution in [0.25, 0.3) is 0 Å². The van der Waals surface area contributed by atoms with Crippen molar-refractivity contribution in [2.24, 2.45) is 0 Å². The predicted molar refractivity (Wildman–Crippen MR) is 53.6 cm³/mol. The lowest BCUT2D eigenvalue weighted by atomic mass is 10.1. The second-order valence-electron chi connectivity index (χ2n) is 2.97. The van der Waals surface area contributed by atoms with Gasteiger partial charge in [0.2, 0.25) is 0 Å². The molecule has 1 fully saturated rings. The molecule has 1 saturated heterocycles. The minimum absolute atomic E-state index is 0.0433. The number of aliphatic hydroxyl groups is 1. The number of ether oxygens (including phenoxy) is 1. The molecule has 2 nitrogen and oxygen atoms in total. The Morgan fingerprint density at radius 3 is 2.69 bits per heavy atom. The van der Waals surface area contributed by atoms with Gasteiger partial charge in [-0.1, -0.05) is 30.3 Å². The van der Waals surface area contributed by atoms with Crippen LogP contribution in [0.2, 0.25) is 0 Å². The highest BCUT2D eigenvalue weighted by molar-refractivity contribution is 8.00. The van der Waals surface area contributed by atoms with Gasteiger partial charge in [-0.15, -0.1) is 11.8 Å². The van der Waals surface area contributed by atoms with Gasteiger partial charge in [-0.2, -0.15) is 0 Å². The van der Waals surface area contributed by atoms with Gasteiger partial charge in [-0.25, -0.2) is 0 Å². The molecule has 1 aromatic rings. The predicted octanol–water partition coefficient (Wildman–Crippen LogP) is 1.60. The van der Waals surface area contributed by atoms with E-state index in [9.17, 15) is 5.11 Å². The Hall–Kier alpha value is -0.510. The maximum atomic E-state index is 9.32. The average molecular weight is 196 g/mol. The summed E-state index contributed by atoms with van der Waals surface area (Å²) in [6, 6.07) is 9.89. The van der Waals surface area contributed by atoms with E-state index < -0.39 is 4.93 Å².